The highest BCUT2D eigenvalue weighted by molar-refractivity contribution is 8.04. The second-order valence-corrected chi connectivity index (χ2v) is 3.93. The van der Waals surface area contributed by atoms with E-state index >= 15 is 0 Å². The third-order valence-electron chi connectivity index (χ3n) is 1.69. The van der Waals surface area contributed by atoms with Crippen LogP contribution in [0.3, 0.4) is 0 Å². The average molecular weight is 208 g/mol. The van der Waals surface area contributed by atoms with Gasteiger partial charge in [-0.15, -0.1) is 0 Å². The van der Waals surface area contributed by atoms with E-state index in [1.54, 1.807) is 7.11 Å². The molecule has 0 bridgehead atoms. The van der Waals surface area contributed by atoms with E-state index in [1.807, 2.05) is 24.3 Å². The highest BCUT2D eigenvalue weighted by Gasteiger charge is 2.02. The number of carbonyl (C=O) groups is 1. The minimum Gasteiger partial charge on any atom is -0.497 e. The van der Waals surface area contributed by atoms with Gasteiger partial charge in [0, 0.05) is 9.80 Å². The lowest BCUT2D eigenvalue weighted by Gasteiger charge is -2.03. The molecular formula is C11H12O2S. The van der Waals surface area contributed by atoms with Crippen molar-refractivity contribution < 1.29 is 9.53 Å². The van der Waals surface area contributed by atoms with Gasteiger partial charge in [-0.1, -0.05) is 18.3 Å². The van der Waals surface area contributed by atoms with Crippen molar-refractivity contribution in [1.29, 1.82) is 0 Å². The number of allylic oxidation sites excluding steroid dienone is 1. The first-order valence-electron chi connectivity index (χ1n) is 4.15. The molecule has 0 saturated heterocycles. The molecule has 3 heteroatoms. The van der Waals surface area contributed by atoms with E-state index in [0.29, 0.717) is 4.91 Å². The number of ketones is 1. The first kappa shape index (κ1) is 10.9. The molecule has 0 aliphatic carbocycles. The van der Waals surface area contributed by atoms with Crippen LogP contribution in [0.5, 0.6) is 5.75 Å². The predicted octanol–water partition coefficient (Wildman–Crippen LogP) is 2.89. The lowest BCUT2D eigenvalue weighted by molar-refractivity contribution is -0.112. The number of benzene rings is 1. The first-order valence-corrected chi connectivity index (χ1v) is 4.97. The van der Waals surface area contributed by atoms with Crippen molar-refractivity contribution in [2.45, 2.75) is 11.8 Å². The number of rotatable bonds is 4. The van der Waals surface area contributed by atoms with Gasteiger partial charge in [-0.3, -0.25) is 4.79 Å². The summed E-state index contributed by atoms with van der Waals surface area (Å²) in [5.74, 6) is 0.814. The van der Waals surface area contributed by atoms with Crippen molar-refractivity contribution in [3.8, 4) is 5.75 Å². The molecule has 0 fully saturated rings. The quantitative estimate of drug-likeness (QED) is 0.562. The van der Waals surface area contributed by atoms with Gasteiger partial charge in [-0.2, -0.15) is 0 Å². The Morgan fingerprint density at radius 1 is 1.36 bits per heavy atom. The van der Waals surface area contributed by atoms with E-state index in [4.69, 9.17) is 4.74 Å². The third-order valence-corrected chi connectivity index (χ3v) is 2.73. The van der Waals surface area contributed by atoms with Crippen molar-refractivity contribution >= 4 is 17.5 Å². The van der Waals surface area contributed by atoms with Crippen LogP contribution in [0.25, 0.3) is 0 Å². The molecule has 0 spiro atoms. The normalized spacial score (nSPS) is 9.57. The average Bonchev–Trinajstić information content (AvgIpc) is 2.19. The Hall–Kier alpha value is -1.22. The summed E-state index contributed by atoms with van der Waals surface area (Å²) < 4.78 is 5.02. The summed E-state index contributed by atoms with van der Waals surface area (Å²) in [6.07, 6.45) is 0. The lowest BCUT2D eigenvalue weighted by atomic mass is 10.3. The van der Waals surface area contributed by atoms with E-state index in [9.17, 15) is 4.79 Å². The van der Waals surface area contributed by atoms with Gasteiger partial charge in [-0.05, 0) is 31.2 Å². The maximum atomic E-state index is 10.9. The predicted molar refractivity (Wildman–Crippen MR) is 58.7 cm³/mol. The summed E-state index contributed by atoms with van der Waals surface area (Å²) in [6, 6.07) is 7.51. The summed E-state index contributed by atoms with van der Waals surface area (Å²) >= 11 is 1.37. The van der Waals surface area contributed by atoms with Gasteiger partial charge in [0.05, 0.1) is 7.11 Å². The highest BCUT2D eigenvalue weighted by Crippen LogP contribution is 2.27. The van der Waals surface area contributed by atoms with Crippen LogP contribution in [-0.4, -0.2) is 12.9 Å². The molecule has 2 nitrogen and oxygen atoms in total. The summed E-state index contributed by atoms with van der Waals surface area (Å²) in [4.78, 5) is 12.5. The zero-order valence-electron chi connectivity index (χ0n) is 8.24. The van der Waals surface area contributed by atoms with E-state index < -0.39 is 0 Å². The van der Waals surface area contributed by atoms with Crippen LogP contribution in [0.15, 0.2) is 40.6 Å². The number of ether oxygens (including phenoxy) is 1. The van der Waals surface area contributed by atoms with Gasteiger partial charge in [0.15, 0.2) is 5.78 Å². The molecule has 0 amide bonds. The molecule has 0 radical (unpaired) electrons. The van der Waals surface area contributed by atoms with Crippen LogP contribution in [0, 0.1) is 0 Å². The third kappa shape index (κ3) is 2.92. The number of Topliss-reactive ketones (excluding diaryl/α,β-unsaturated/α-hetero) is 1. The SMILES string of the molecule is C=C(Sc1ccc(OC)cc1)C(C)=O. The van der Waals surface area contributed by atoms with Crippen molar-refractivity contribution in [2.24, 2.45) is 0 Å². The minimum absolute atomic E-state index is 0.00539. The summed E-state index contributed by atoms with van der Waals surface area (Å²) in [5, 5.41) is 0. The second-order valence-electron chi connectivity index (χ2n) is 2.76. The Morgan fingerprint density at radius 2 is 1.93 bits per heavy atom. The van der Waals surface area contributed by atoms with Gasteiger partial charge < -0.3 is 4.74 Å². The zero-order chi connectivity index (χ0) is 10.6. The molecule has 74 valence electrons. The van der Waals surface area contributed by atoms with Crippen LogP contribution in [-0.2, 0) is 4.79 Å². The number of carbonyl (C=O) groups excluding carboxylic acids is 1. The fourth-order valence-electron chi connectivity index (χ4n) is 0.858. The summed E-state index contributed by atoms with van der Waals surface area (Å²) in [7, 11) is 1.62. The Morgan fingerprint density at radius 3 is 2.36 bits per heavy atom. The van der Waals surface area contributed by atoms with Crippen molar-refractivity contribution in [3.63, 3.8) is 0 Å². The number of thioether (sulfide) groups is 1. The molecule has 0 heterocycles. The molecule has 0 atom stereocenters. The van der Waals surface area contributed by atoms with Crippen molar-refractivity contribution in [2.75, 3.05) is 7.11 Å². The first-order chi connectivity index (χ1) is 6.63. The van der Waals surface area contributed by atoms with Crippen LogP contribution < -0.4 is 4.74 Å². The van der Waals surface area contributed by atoms with Gasteiger partial charge >= 0.3 is 0 Å². The smallest absolute Gasteiger partial charge is 0.165 e. The monoisotopic (exact) mass is 208 g/mol. The van der Waals surface area contributed by atoms with E-state index in [0.717, 1.165) is 10.6 Å². The van der Waals surface area contributed by atoms with Gasteiger partial charge in [-0.25, -0.2) is 0 Å². The topological polar surface area (TPSA) is 26.3 Å². The second kappa shape index (κ2) is 4.86. The zero-order valence-corrected chi connectivity index (χ0v) is 9.06. The molecule has 0 aliphatic heterocycles. The van der Waals surface area contributed by atoms with Crippen LogP contribution >= 0.6 is 11.8 Å². The van der Waals surface area contributed by atoms with E-state index in [-0.39, 0.29) is 5.78 Å². The number of methoxy groups -OCH3 is 1. The maximum absolute atomic E-state index is 10.9. The Balaban J connectivity index is 2.69. The molecular weight excluding hydrogens is 196 g/mol. The lowest BCUT2D eigenvalue weighted by Crippen LogP contribution is -1.89. The molecule has 0 aliphatic rings. The van der Waals surface area contributed by atoms with Gasteiger partial charge in [0.2, 0.25) is 0 Å². The fourth-order valence-corrected chi connectivity index (χ4v) is 1.56. The Bertz CT molecular complexity index is 341. The fraction of sp³-hybridized carbons (Fsp3) is 0.182. The Kier molecular flexibility index (Phi) is 3.77. The minimum atomic E-state index is 0.00539. The molecule has 1 aromatic carbocycles. The van der Waals surface area contributed by atoms with Crippen LogP contribution in [0.4, 0.5) is 0 Å². The molecule has 0 saturated carbocycles. The summed E-state index contributed by atoms with van der Waals surface area (Å²) in [6.45, 7) is 5.19. The van der Waals surface area contributed by atoms with Crippen molar-refractivity contribution in [3.05, 3.63) is 35.7 Å². The number of hydrogen-bond acceptors (Lipinski definition) is 3. The van der Waals surface area contributed by atoms with Crippen LogP contribution in [0.1, 0.15) is 6.92 Å². The molecule has 1 aromatic rings. The van der Waals surface area contributed by atoms with E-state index in [2.05, 4.69) is 6.58 Å². The van der Waals surface area contributed by atoms with Crippen LogP contribution in [0.2, 0.25) is 0 Å². The largest absolute Gasteiger partial charge is 0.497 e. The number of hydrogen-bond donors (Lipinski definition) is 0. The molecule has 0 aromatic heterocycles. The van der Waals surface area contributed by atoms with E-state index in [1.165, 1.54) is 18.7 Å². The highest BCUT2D eigenvalue weighted by atomic mass is 32.2. The van der Waals surface area contributed by atoms with Gasteiger partial charge in [0.25, 0.3) is 0 Å². The van der Waals surface area contributed by atoms with Crippen molar-refractivity contribution in [1.82, 2.24) is 0 Å². The molecule has 0 N–H and O–H groups in total. The molecule has 1 rings (SSSR count). The standard InChI is InChI=1S/C11H12O2S/c1-8(12)9(2)14-11-6-4-10(13-3)5-7-11/h4-7H,2H2,1,3H3. The molecule has 14 heavy (non-hydrogen) atoms. The summed E-state index contributed by atoms with van der Waals surface area (Å²) in [5.41, 5.74) is 0. The molecule has 0 unspecified atom stereocenters. The maximum Gasteiger partial charge on any atom is 0.165 e. The Labute approximate surface area is 88.0 Å². The van der Waals surface area contributed by atoms with Gasteiger partial charge in [0.1, 0.15) is 5.75 Å².